The molecule has 0 atom stereocenters. The maximum Gasteiger partial charge on any atom is 0.277 e. The molecule has 28 heavy (non-hydrogen) atoms. The molecule has 2 heterocycles. The van der Waals surface area contributed by atoms with E-state index in [1.54, 1.807) is 0 Å². The number of halogens is 2. The Morgan fingerprint density at radius 3 is 2.50 bits per heavy atom. The third-order valence-corrected chi connectivity index (χ3v) is 4.97. The van der Waals surface area contributed by atoms with E-state index in [9.17, 15) is 9.59 Å². The fourth-order valence-electron chi connectivity index (χ4n) is 2.37. The zero-order valence-corrected chi connectivity index (χ0v) is 17.2. The van der Waals surface area contributed by atoms with Crippen molar-refractivity contribution in [2.45, 2.75) is 19.8 Å². The number of aromatic nitrogens is 2. The van der Waals surface area contributed by atoms with E-state index in [4.69, 9.17) is 23.2 Å². The number of hydrogen-bond acceptors (Lipinski definition) is 5. The molecule has 0 saturated heterocycles. The number of nitrogens with one attached hydrogen (secondary N) is 2. The second kappa shape index (κ2) is 9.14. The van der Waals surface area contributed by atoms with Crippen LogP contribution in [0.2, 0.25) is 10.2 Å². The highest BCUT2D eigenvalue weighted by atomic mass is 35.5. The first kappa shape index (κ1) is 20.3. The molecule has 2 amide bonds. The molecular formula is C19H16Cl2N4O2S. The second-order valence-corrected chi connectivity index (χ2v) is 7.48. The summed E-state index contributed by atoms with van der Waals surface area (Å²) in [6, 6.07) is 10.4. The van der Waals surface area contributed by atoms with Crippen molar-refractivity contribution in [3.63, 3.8) is 0 Å². The number of amides is 2. The van der Waals surface area contributed by atoms with Gasteiger partial charge in [0.05, 0.1) is 10.7 Å². The lowest BCUT2D eigenvalue weighted by molar-refractivity contribution is -0.116. The molecule has 3 rings (SSSR count). The van der Waals surface area contributed by atoms with Crippen molar-refractivity contribution in [1.82, 2.24) is 9.97 Å². The maximum atomic E-state index is 12.3. The SMILES string of the molecule is CCCC(=O)Nc1ccc(-c2csc(NC(=O)c3nc(Cl)ccc3Cl)n2)cc1. The summed E-state index contributed by atoms with van der Waals surface area (Å²) in [6.07, 6.45) is 1.29. The topological polar surface area (TPSA) is 84.0 Å². The van der Waals surface area contributed by atoms with Crippen LogP contribution in [-0.2, 0) is 4.79 Å². The van der Waals surface area contributed by atoms with E-state index in [1.165, 1.54) is 23.5 Å². The molecule has 0 saturated carbocycles. The Balaban J connectivity index is 1.69. The van der Waals surface area contributed by atoms with Gasteiger partial charge < -0.3 is 5.32 Å². The molecule has 2 N–H and O–H groups in total. The largest absolute Gasteiger partial charge is 0.326 e. The molecule has 3 aromatic rings. The van der Waals surface area contributed by atoms with E-state index in [1.807, 2.05) is 36.6 Å². The van der Waals surface area contributed by atoms with Crippen LogP contribution >= 0.6 is 34.5 Å². The van der Waals surface area contributed by atoms with E-state index >= 15 is 0 Å². The molecule has 1 aromatic carbocycles. The summed E-state index contributed by atoms with van der Waals surface area (Å²) in [5, 5.41) is 8.14. The minimum Gasteiger partial charge on any atom is -0.326 e. The molecule has 0 unspecified atom stereocenters. The maximum absolute atomic E-state index is 12.3. The Morgan fingerprint density at radius 2 is 1.79 bits per heavy atom. The number of benzene rings is 1. The van der Waals surface area contributed by atoms with Gasteiger partial charge in [0.2, 0.25) is 5.91 Å². The molecule has 0 aliphatic carbocycles. The van der Waals surface area contributed by atoms with Crippen LogP contribution in [-0.4, -0.2) is 21.8 Å². The van der Waals surface area contributed by atoms with Crippen molar-refractivity contribution in [3.05, 3.63) is 57.6 Å². The summed E-state index contributed by atoms with van der Waals surface area (Å²) >= 11 is 13.1. The first-order chi connectivity index (χ1) is 13.5. The molecule has 0 spiro atoms. The fraction of sp³-hybridized carbons (Fsp3) is 0.158. The third kappa shape index (κ3) is 5.07. The molecule has 0 aliphatic heterocycles. The summed E-state index contributed by atoms with van der Waals surface area (Å²) in [4.78, 5) is 32.4. The smallest absolute Gasteiger partial charge is 0.277 e. The molecule has 0 radical (unpaired) electrons. The van der Waals surface area contributed by atoms with Crippen LogP contribution in [0.15, 0.2) is 41.8 Å². The van der Waals surface area contributed by atoms with Crippen LogP contribution < -0.4 is 10.6 Å². The number of pyridine rings is 1. The van der Waals surface area contributed by atoms with E-state index in [2.05, 4.69) is 20.6 Å². The van der Waals surface area contributed by atoms with E-state index in [-0.39, 0.29) is 21.8 Å². The van der Waals surface area contributed by atoms with Gasteiger partial charge in [-0.1, -0.05) is 42.3 Å². The lowest BCUT2D eigenvalue weighted by atomic mass is 10.1. The van der Waals surface area contributed by atoms with Crippen molar-refractivity contribution >= 4 is 57.2 Å². The number of carbonyl (C=O) groups is 2. The molecular weight excluding hydrogens is 419 g/mol. The molecule has 6 nitrogen and oxygen atoms in total. The highest BCUT2D eigenvalue weighted by molar-refractivity contribution is 7.14. The van der Waals surface area contributed by atoms with Crippen LogP contribution in [0.1, 0.15) is 30.3 Å². The minimum atomic E-state index is -0.484. The van der Waals surface area contributed by atoms with E-state index < -0.39 is 5.91 Å². The summed E-state index contributed by atoms with van der Waals surface area (Å²) in [7, 11) is 0. The van der Waals surface area contributed by atoms with Crippen molar-refractivity contribution < 1.29 is 9.59 Å². The first-order valence-electron chi connectivity index (χ1n) is 8.45. The summed E-state index contributed by atoms with van der Waals surface area (Å²) < 4.78 is 0. The lowest BCUT2D eigenvalue weighted by Crippen LogP contribution is -2.14. The van der Waals surface area contributed by atoms with Crippen molar-refractivity contribution in [2.75, 3.05) is 10.6 Å². The Labute approximate surface area is 175 Å². The van der Waals surface area contributed by atoms with Gasteiger partial charge in [0.25, 0.3) is 5.91 Å². The molecule has 0 fully saturated rings. The van der Waals surface area contributed by atoms with E-state index in [0.717, 1.165) is 17.7 Å². The van der Waals surface area contributed by atoms with Gasteiger partial charge in [-0.2, -0.15) is 0 Å². The number of thiazole rings is 1. The Kier molecular flexibility index (Phi) is 6.61. The van der Waals surface area contributed by atoms with Crippen molar-refractivity contribution in [1.29, 1.82) is 0 Å². The summed E-state index contributed by atoms with van der Waals surface area (Å²) in [5.74, 6) is -0.496. The predicted octanol–water partition coefficient (Wildman–Crippen LogP) is 5.50. The van der Waals surface area contributed by atoms with Gasteiger partial charge in [-0.15, -0.1) is 11.3 Å². The average molecular weight is 435 g/mol. The minimum absolute atomic E-state index is 0.0119. The molecule has 144 valence electrons. The van der Waals surface area contributed by atoms with Gasteiger partial charge in [-0.05, 0) is 30.7 Å². The van der Waals surface area contributed by atoms with Crippen LogP contribution in [0.25, 0.3) is 11.3 Å². The molecule has 9 heteroatoms. The first-order valence-corrected chi connectivity index (χ1v) is 10.1. The van der Waals surface area contributed by atoms with Crippen LogP contribution in [0, 0.1) is 0 Å². The second-order valence-electron chi connectivity index (χ2n) is 5.83. The monoisotopic (exact) mass is 434 g/mol. The van der Waals surface area contributed by atoms with Crippen molar-refractivity contribution in [2.24, 2.45) is 0 Å². The predicted molar refractivity (Wildman–Crippen MR) is 113 cm³/mol. The summed E-state index contributed by atoms with van der Waals surface area (Å²) in [5.41, 5.74) is 2.34. The average Bonchev–Trinajstić information content (AvgIpc) is 3.13. The summed E-state index contributed by atoms with van der Waals surface area (Å²) in [6.45, 7) is 1.96. The fourth-order valence-corrected chi connectivity index (χ4v) is 3.43. The van der Waals surface area contributed by atoms with Crippen LogP contribution in [0.5, 0.6) is 0 Å². The Hall–Kier alpha value is -2.48. The van der Waals surface area contributed by atoms with Crippen LogP contribution in [0.4, 0.5) is 10.8 Å². The Morgan fingerprint density at radius 1 is 1.04 bits per heavy atom. The Bertz CT molecular complexity index is 1010. The number of carbonyl (C=O) groups excluding carboxylic acids is 2. The van der Waals surface area contributed by atoms with Gasteiger partial charge in [0, 0.05) is 23.1 Å². The van der Waals surface area contributed by atoms with Gasteiger partial charge >= 0.3 is 0 Å². The number of hydrogen-bond donors (Lipinski definition) is 2. The van der Waals surface area contributed by atoms with Crippen LogP contribution in [0.3, 0.4) is 0 Å². The molecule has 2 aromatic heterocycles. The normalized spacial score (nSPS) is 10.5. The zero-order valence-electron chi connectivity index (χ0n) is 14.8. The zero-order chi connectivity index (χ0) is 20.1. The quantitative estimate of drug-likeness (QED) is 0.501. The standard InChI is InChI=1S/C19H16Cl2N4O2S/c1-2-3-16(26)22-12-6-4-11(5-7-12)14-10-28-19(23-14)25-18(27)17-13(20)8-9-15(21)24-17/h4-10H,2-3H2,1H3,(H,22,26)(H,23,25,27). The number of anilines is 2. The van der Waals surface area contributed by atoms with E-state index in [0.29, 0.717) is 17.2 Å². The lowest BCUT2D eigenvalue weighted by Gasteiger charge is -2.05. The van der Waals surface area contributed by atoms with Gasteiger partial charge in [-0.25, -0.2) is 9.97 Å². The third-order valence-electron chi connectivity index (χ3n) is 3.69. The molecule has 0 bridgehead atoms. The van der Waals surface area contributed by atoms with Gasteiger partial charge in [0.1, 0.15) is 10.8 Å². The molecule has 0 aliphatic rings. The highest BCUT2D eigenvalue weighted by Crippen LogP contribution is 2.27. The number of nitrogens with zero attached hydrogens (tertiary/aromatic N) is 2. The van der Waals surface area contributed by atoms with Gasteiger partial charge in [0.15, 0.2) is 5.13 Å². The number of rotatable bonds is 6. The van der Waals surface area contributed by atoms with Crippen molar-refractivity contribution in [3.8, 4) is 11.3 Å². The van der Waals surface area contributed by atoms with Gasteiger partial charge in [-0.3, -0.25) is 14.9 Å². The highest BCUT2D eigenvalue weighted by Gasteiger charge is 2.15.